The standard InChI is InChI=1S/C12H16O3/c1-4-9-6-10(13)5-8(2)11(9)7-12(14)15-3/h5-6,13H,4,7H2,1-3H3. The Bertz CT molecular complexity index is 369. The molecule has 0 aliphatic heterocycles. The molecule has 3 heteroatoms. The van der Waals surface area contributed by atoms with Gasteiger partial charge in [0.25, 0.3) is 0 Å². The van der Waals surface area contributed by atoms with Crippen LogP contribution in [-0.2, 0) is 22.4 Å². The number of hydrogen-bond donors (Lipinski definition) is 1. The van der Waals surface area contributed by atoms with Crippen molar-refractivity contribution in [2.24, 2.45) is 0 Å². The van der Waals surface area contributed by atoms with Crippen molar-refractivity contribution >= 4 is 5.97 Å². The first-order valence-corrected chi connectivity index (χ1v) is 4.96. The summed E-state index contributed by atoms with van der Waals surface area (Å²) in [4.78, 5) is 11.2. The summed E-state index contributed by atoms with van der Waals surface area (Å²) < 4.78 is 4.64. The first-order chi connectivity index (χ1) is 7.08. The molecule has 0 aliphatic carbocycles. The number of phenols is 1. The van der Waals surface area contributed by atoms with E-state index in [1.807, 2.05) is 13.8 Å². The molecule has 0 saturated carbocycles. The maximum absolute atomic E-state index is 11.2. The molecule has 0 aromatic heterocycles. The van der Waals surface area contributed by atoms with Crippen LogP contribution in [0, 0.1) is 6.92 Å². The van der Waals surface area contributed by atoms with Crippen LogP contribution in [0.1, 0.15) is 23.6 Å². The van der Waals surface area contributed by atoms with Gasteiger partial charge in [-0.25, -0.2) is 0 Å². The Morgan fingerprint density at radius 3 is 2.67 bits per heavy atom. The number of hydrogen-bond acceptors (Lipinski definition) is 3. The van der Waals surface area contributed by atoms with Gasteiger partial charge in [-0.05, 0) is 42.2 Å². The molecular weight excluding hydrogens is 192 g/mol. The molecule has 3 nitrogen and oxygen atoms in total. The summed E-state index contributed by atoms with van der Waals surface area (Å²) in [5.41, 5.74) is 2.89. The maximum Gasteiger partial charge on any atom is 0.309 e. The molecule has 0 aliphatic rings. The first kappa shape index (κ1) is 11.6. The summed E-state index contributed by atoms with van der Waals surface area (Å²) in [6.45, 7) is 3.88. The van der Waals surface area contributed by atoms with E-state index in [0.717, 1.165) is 23.1 Å². The average Bonchev–Trinajstić information content (AvgIpc) is 2.21. The van der Waals surface area contributed by atoms with Crippen LogP contribution in [0.3, 0.4) is 0 Å². The van der Waals surface area contributed by atoms with Crippen LogP contribution >= 0.6 is 0 Å². The van der Waals surface area contributed by atoms with E-state index in [0.29, 0.717) is 0 Å². The quantitative estimate of drug-likeness (QED) is 0.772. The van der Waals surface area contributed by atoms with Crippen LogP contribution in [-0.4, -0.2) is 18.2 Å². The van der Waals surface area contributed by atoms with E-state index in [9.17, 15) is 9.90 Å². The van der Waals surface area contributed by atoms with Crippen LogP contribution in [0.15, 0.2) is 12.1 Å². The molecule has 15 heavy (non-hydrogen) atoms. The lowest BCUT2D eigenvalue weighted by atomic mass is 9.97. The first-order valence-electron chi connectivity index (χ1n) is 4.96. The highest BCUT2D eigenvalue weighted by Gasteiger charge is 2.11. The molecule has 0 radical (unpaired) electrons. The van der Waals surface area contributed by atoms with Crippen molar-refractivity contribution in [2.75, 3.05) is 7.11 Å². The van der Waals surface area contributed by atoms with Crippen LogP contribution < -0.4 is 0 Å². The molecule has 82 valence electrons. The van der Waals surface area contributed by atoms with Crippen LogP contribution in [0.25, 0.3) is 0 Å². The normalized spacial score (nSPS) is 10.1. The van der Waals surface area contributed by atoms with E-state index in [4.69, 9.17) is 0 Å². The molecule has 0 bridgehead atoms. The van der Waals surface area contributed by atoms with Crippen molar-refractivity contribution in [3.8, 4) is 5.75 Å². The number of phenolic OH excluding ortho intramolecular Hbond substituents is 1. The van der Waals surface area contributed by atoms with Gasteiger partial charge in [-0.1, -0.05) is 6.92 Å². The summed E-state index contributed by atoms with van der Waals surface area (Å²) in [7, 11) is 1.38. The molecule has 0 atom stereocenters. The lowest BCUT2D eigenvalue weighted by Gasteiger charge is -2.11. The molecule has 0 heterocycles. The molecular formula is C12H16O3. The Kier molecular flexibility index (Phi) is 3.72. The lowest BCUT2D eigenvalue weighted by molar-refractivity contribution is -0.139. The topological polar surface area (TPSA) is 46.5 Å². The zero-order valence-electron chi connectivity index (χ0n) is 9.33. The second-order valence-corrected chi connectivity index (χ2v) is 3.51. The third-order valence-electron chi connectivity index (χ3n) is 2.48. The number of esters is 1. The second-order valence-electron chi connectivity index (χ2n) is 3.51. The van der Waals surface area contributed by atoms with Crippen molar-refractivity contribution in [1.82, 2.24) is 0 Å². The molecule has 0 unspecified atom stereocenters. The Balaban J connectivity index is 3.09. The van der Waals surface area contributed by atoms with E-state index in [1.165, 1.54) is 7.11 Å². The van der Waals surface area contributed by atoms with E-state index < -0.39 is 0 Å². The molecule has 1 aromatic rings. The van der Waals surface area contributed by atoms with E-state index >= 15 is 0 Å². The third-order valence-corrected chi connectivity index (χ3v) is 2.48. The fourth-order valence-electron chi connectivity index (χ4n) is 1.65. The number of methoxy groups -OCH3 is 1. The number of rotatable bonds is 3. The van der Waals surface area contributed by atoms with E-state index in [1.54, 1.807) is 12.1 Å². The highest BCUT2D eigenvalue weighted by molar-refractivity contribution is 5.73. The van der Waals surface area contributed by atoms with E-state index in [-0.39, 0.29) is 18.1 Å². The molecule has 1 rings (SSSR count). The molecule has 0 spiro atoms. The summed E-state index contributed by atoms with van der Waals surface area (Å²) in [5, 5.41) is 9.42. The highest BCUT2D eigenvalue weighted by atomic mass is 16.5. The number of aromatic hydroxyl groups is 1. The largest absolute Gasteiger partial charge is 0.508 e. The number of carbonyl (C=O) groups excluding carboxylic acids is 1. The zero-order chi connectivity index (χ0) is 11.4. The minimum Gasteiger partial charge on any atom is -0.508 e. The van der Waals surface area contributed by atoms with Crippen molar-refractivity contribution in [3.63, 3.8) is 0 Å². The summed E-state index contributed by atoms with van der Waals surface area (Å²) in [6, 6.07) is 3.36. The van der Waals surface area contributed by atoms with Crippen molar-refractivity contribution in [3.05, 3.63) is 28.8 Å². The number of carbonyl (C=O) groups is 1. The number of ether oxygens (including phenoxy) is 1. The van der Waals surface area contributed by atoms with Crippen molar-refractivity contribution in [1.29, 1.82) is 0 Å². The van der Waals surface area contributed by atoms with Gasteiger partial charge in [-0.2, -0.15) is 0 Å². The van der Waals surface area contributed by atoms with Crippen LogP contribution in [0.5, 0.6) is 5.75 Å². The predicted octanol–water partition coefficient (Wildman–Crippen LogP) is 1.98. The second kappa shape index (κ2) is 4.82. The summed E-state index contributed by atoms with van der Waals surface area (Å²) in [5.74, 6) is -0.00328. The number of aryl methyl sites for hydroxylation is 2. The average molecular weight is 208 g/mol. The van der Waals surface area contributed by atoms with Gasteiger partial charge in [0.1, 0.15) is 5.75 Å². The molecule has 0 fully saturated rings. The van der Waals surface area contributed by atoms with Crippen LogP contribution in [0.2, 0.25) is 0 Å². The van der Waals surface area contributed by atoms with Gasteiger partial charge in [0.15, 0.2) is 0 Å². The monoisotopic (exact) mass is 208 g/mol. The van der Waals surface area contributed by atoms with E-state index in [2.05, 4.69) is 4.74 Å². The Labute approximate surface area is 89.7 Å². The third kappa shape index (κ3) is 2.72. The van der Waals surface area contributed by atoms with Crippen LogP contribution in [0.4, 0.5) is 0 Å². The lowest BCUT2D eigenvalue weighted by Crippen LogP contribution is -2.08. The summed E-state index contributed by atoms with van der Waals surface area (Å²) >= 11 is 0. The van der Waals surface area contributed by atoms with Gasteiger partial charge >= 0.3 is 5.97 Å². The zero-order valence-corrected chi connectivity index (χ0v) is 9.33. The van der Waals surface area contributed by atoms with Gasteiger partial charge in [0, 0.05) is 0 Å². The SMILES string of the molecule is CCc1cc(O)cc(C)c1CC(=O)OC. The Morgan fingerprint density at radius 1 is 1.47 bits per heavy atom. The Hall–Kier alpha value is -1.51. The smallest absolute Gasteiger partial charge is 0.309 e. The van der Waals surface area contributed by atoms with Gasteiger partial charge in [0.2, 0.25) is 0 Å². The molecule has 0 saturated heterocycles. The molecule has 1 aromatic carbocycles. The predicted molar refractivity (Wildman–Crippen MR) is 57.9 cm³/mol. The van der Waals surface area contributed by atoms with Gasteiger partial charge in [-0.3, -0.25) is 4.79 Å². The molecule has 0 amide bonds. The van der Waals surface area contributed by atoms with Crippen molar-refractivity contribution in [2.45, 2.75) is 26.7 Å². The Morgan fingerprint density at radius 2 is 2.13 bits per heavy atom. The minimum absolute atomic E-state index is 0.248. The van der Waals surface area contributed by atoms with Gasteiger partial charge < -0.3 is 9.84 Å². The molecule has 1 N–H and O–H groups in total. The maximum atomic E-state index is 11.2. The van der Waals surface area contributed by atoms with Gasteiger partial charge in [0.05, 0.1) is 13.5 Å². The highest BCUT2D eigenvalue weighted by Crippen LogP contribution is 2.22. The van der Waals surface area contributed by atoms with Gasteiger partial charge in [-0.15, -0.1) is 0 Å². The fraction of sp³-hybridized carbons (Fsp3) is 0.417. The fourth-order valence-corrected chi connectivity index (χ4v) is 1.65. The number of benzene rings is 1. The summed E-state index contributed by atoms with van der Waals surface area (Å²) in [6.07, 6.45) is 1.06. The van der Waals surface area contributed by atoms with Crippen molar-refractivity contribution < 1.29 is 14.6 Å². The minimum atomic E-state index is -0.251.